The molecule has 0 aliphatic rings. The molecule has 0 fully saturated rings. The van der Waals surface area contributed by atoms with Gasteiger partial charge in [0, 0.05) is 18.8 Å². The highest BCUT2D eigenvalue weighted by Gasteiger charge is 2.11. The molecule has 0 bridgehead atoms. The number of hydrogen-bond donors (Lipinski definition) is 2. The molecule has 1 amide bonds. The summed E-state index contributed by atoms with van der Waals surface area (Å²) >= 11 is 0. The second-order valence-electron chi connectivity index (χ2n) is 5.63. The number of aromatic nitrogens is 1. The molecule has 0 saturated heterocycles. The first-order chi connectivity index (χ1) is 12.4. The molecule has 0 atom stereocenters. The van der Waals surface area contributed by atoms with E-state index in [2.05, 4.69) is 22.0 Å². The number of nitrogen functional groups attached to an aromatic ring is 1. The van der Waals surface area contributed by atoms with Gasteiger partial charge in [-0.05, 0) is 67.6 Å². The van der Waals surface area contributed by atoms with Crippen LogP contribution in [0, 0.1) is 12.7 Å². The normalized spacial score (nSPS) is 12.0. The lowest BCUT2D eigenvalue weighted by Crippen LogP contribution is -2.19. The van der Waals surface area contributed by atoms with Crippen LogP contribution in [0.1, 0.15) is 34.1 Å². The summed E-state index contributed by atoms with van der Waals surface area (Å²) in [6.45, 7) is 7.30. The molecule has 1 aromatic carbocycles. The van der Waals surface area contributed by atoms with Gasteiger partial charge in [0.25, 0.3) is 5.91 Å². The van der Waals surface area contributed by atoms with Crippen LogP contribution in [0.5, 0.6) is 0 Å². The Bertz CT molecular complexity index is 916. The Hall–Kier alpha value is -3.28. The number of benzene rings is 1. The maximum Gasteiger partial charge on any atom is 0.269 e. The molecule has 26 heavy (non-hydrogen) atoms. The van der Waals surface area contributed by atoms with Crippen LogP contribution in [-0.2, 0) is 0 Å². The Morgan fingerprint density at radius 1 is 1.38 bits per heavy atom. The quantitative estimate of drug-likeness (QED) is 0.490. The highest BCUT2D eigenvalue weighted by atomic mass is 19.1. The number of halogens is 1. The molecule has 0 unspecified atom stereocenters. The van der Waals surface area contributed by atoms with Crippen molar-refractivity contribution in [3.63, 3.8) is 0 Å². The number of anilines is 1. The van der Waals surface area contributed by atoms with Gasteiger partial charge in [-0.2, -0.15) is 0 Å². The second-order valence-corrected chi connectivity index (χ2v) is 5.63. The molecule has 0 radical (unpaired) electrons. The number of aryl methyl sites for hydroxylation is 1. The number of carbonyl (C=O) groups excluding carboxylic acids is 1. The van der Waals surface area contributed by atoms with Crippen molar-refractivity contribution in [2.75, 3.05) is 12.8 Å². The summed E-state index contributed by atoms with van der Waals surface area (Å²) in [5.74, 6) is -0.735. The largest absolute Gasteiger partial charge is 0.396 e. The minimum absolute atomic E-state index is 0.0808. The Morgan fingerprint density at radius 2 is 2.12 bits per heavy atom. The summed E-state index contributed by atoms with van der Waals surface area (Å²) < 4.78 is 13.6. The van der Waals surface area contributed by atoms with E-state index in [9.17, 15) is 9.18 Å². The highest BCUT2D eigenvalue weighted by Crippen LogP contribution is 2.28. The lowest BCUT2D eigenvalue weighted by atomic mass is 9.97. The maximum absolute atomic E-state index is 13.6. The molecule has 134 valence electrons. The predicted octanol–water partition coefficient (Wildman–Crippen LogP) is 3.62. The first-order valence-corrected chi connectivity index (χ1v) is 8.00. The van der Waals surface area contributed by atoms with Crippen molar-refractivity contribution < 1.29 is 9.18 Å². The van der Waals surface area contributed by atoms with E-state index in [-0.39, 0.29) is 17.3 Å². The van der Waals surface area contributed by atoms with Crippen molar-refractivity contribution in [1.82, 2.24) is 10.3 Å². The fourth-order valence-corrected chi connectivity index (χ4v) is 2.53. The SMILES string of the molecule is C=N/C(=C\C(=C/C)c1cc(N)c(F)cc1C)c1ccnc(C(=O)NC)c1. The number of pyridine rings is 1. The van der Waals surface area contributed by atoms with E-state index in [1.807, 2.05) is 26.0 Å². The molecule has 1 aromatic heterocycles. The van der Waals surface area contributed by atoms with Gasteiger partial charge in [0.2, 0.25) is 0 Å². The molecule has 0 spiro atoms. The standard InChI is InChI=1S/C20H21FN4O/c1-5-13(15-11-17(22)16(21)8-12(15)2)9-18(23-3)14-6-7-25-19(10-14)20(26)24-4/h5-11H,3,22H2,1-2,4H3,(H,24,26)/b13-5+,18-9-. The van der Waals surface area contributed by atoms with Gasteiger partial charge in [-0.1, -0.05) is 6.08 Å². The van der Waals surface area contributed by atoms with Crippen LogP contribution >= 0.6 is 0 Å². The minimum atomic E-state index is -0.447. The van der Waals surface area contributed by atoms with Crippen LogP contribution in [-0.4, -0.2) is 24.7 Å². The number of carbonyl (C=O) groups is 1. The van der Waals surface area contributed by atoms with E-state index < -0.39 is 5.82 Å². The van der Waals surface area contributed by atoms with E-state index in [4.69, 9.17) is 5.73 Å². The number of nitrogens with two attached hydrogens (primary N) is 1. The minimum Gasteiger partial charge on any atom is -0.396 e. The number of hydrogen-bond acceptors (Lipinski definition) is 4. The summed E-state index contributed by atoms with van der Waals surface area (Å²) in [4.78, 5) is 19.9. The molecule has 0 aliphatic carbocycles. The van der Waals surface area contributed by atoms with Crippen LogP contribution in [0.2, 0.25) is 0 Å². The number of nitrogens with one attached hydrogen (secondary N) is 1. The average molecular weight is 352 g/mol. The lowest BCUT2D eigenvalue weighted by Gasteiger charge is -2.11. The molecule has 3 N–H and O–H groups in total. The Balaban J connectivity index is 2.52. The van der Waals surface area contributed by atoms with Crippen molar-refractivity contribution >= 4 is 29.6 Å². The first kappa shape index (κ1) is 19.1. The van der Waals surface area contributed by atoms with E-state index in [1.165, 1.54) is 12.3 Å². The van der Waals surface area contributed by atoms with E-state index in [0.717, 1.165) is 16.7 Å². The van der Waals surface area contributed by atoms with Gasteiger partial charge in [0.1, 0.15) is 11.5 Å². The zero-order valence-electron chi connectivity index (χ0n) is 15.0. The van der Waals surface area contributed by atoms with Gasteiger partial charge >= 0.3 is 0 Å². The van der Waals surface area contributed by atoms with E-state index in [0.29, 0.717) is 11.3 Å². The van der Waals surface area contributed by atoms with Gasteiger partial charge < -0.3 is 11.1 Å². The molecule has 0 aliphatic heterocycles. The van der Waals surface area contributed by atoms with Crippen LogP contribution in [0.25, 0.3) is 11.3 Å². The van der Waals surface area contributed by atoms with Crippen molar-refractivity contribution in [2.24, 2.45) is 4.99 Å². The molecule has 5 nitrogen and oxygen atoms in total. The van der Waals surface area contributed by atoms with Gasteiger partial charge in [0.15, 0.2) is 0 Å². The monoisotopic (exact) mass is 352 g/mol. The summed E-state index contributed by atoms with van der Waals surface area (Å²) in [6, 6.07) is 6.38. The molecular weight excluding hydrogens is 331 g/mol. The second kappa shape index (κ2) is 8.20. The molecular formula is C20H21FN4O. The van der Waals surface area contributed by atoms with Crippen molar-refractivity contribution in [3.05, 3.63) is 70.8 Å². The number of amides is 1. The summed E-state index contributed by atoms with van der Waals surface area (Å²) in [5.41, 5.74) is 9.70. The molecule has 2 aromatic rings. The predicted molar refractivity (Wildman–Crippen MR) is 104 cm³/mol. The smallest absolute Gasteiger partial charge is 0.269 e. The molecule has 1 heterocycles. The van der Waals surface area contributed by atoms with E-state index in [1.54, 1.807) is 25.2 Å². The van der Waals surface area contributed by atoms with Crippen molar-refractivity contribution in [3.8, 4) is 0 Å². The third-order valence-corrected chi connectivity index (χ3v) is 3.94. The van der Waals surface area contributed by atoms with Crippen LogP contribution in [0.3, 0.4) is 0 Å². The Morgan fingerprint density at radius 3 is 2.73 bits per heavy atom. The van der Waals surface area contributed by atoms with Crippen LogP contribution < -0.4 is 11.1 Å². The Kier molecular flexibility index (Phi) is 6.01. The molecule has 0 saturated carbocycles. The van der Waals surface area contributed by atoms with Crippen molar-refractivity contribution in [1.29, 1.82) is 0 Å². The van der Waals surface area contributed by atoms with E-state index >= 15 is 0 Å². The molecule has 2 rings (SSSR count). The van der Waals surface area contributed by atoms with Gasteiger partial charge in [-0.15, -0.1) is 0 Å². The zero-order chi connectivity index (χ0) is 19.3. The number of nitrogens with zero attached hydrogens (tertiary/aromatic N) is 2. The zero-order valence-corrected chi connectivity index (χ0v) is 15.0. The average Bonchev–Trinajstić information content (AvgIpc) is 2.65. The third kappa shape index (κ3) is 4.03. The topological polar surface area (TPSA) is 80.4 Å². The summed E-state index contributed by atoms with van der Waals surface area (Å²) in [5, 5.41) is 2.53. The van der Waals surface area contributed by atoms with Crippen LogP contribution in [0.4, 0.5) is 10.1 Å². The van der Waals surface area contributed by atoms with Crippen LogP contribution in [0.15, 0.2) is 47.6 Å². The lowest BCUT2D eigenvalue weighted by molar-refractivity contribution is 0.0958. The van der Waals surface area contributed by atoms with Gasteiger partial charge in [0.05, 0.1) is 11.4 Å². The highest BCUT2D eigenvalue weighted by molar-refractivity contribution is 5.93. The van der Waals surface area contributed by atoms with Crippen molar-refractivity contribution in [2.45, 2.75) is 13.8 Å². The fourth-order valence-electron chi connectivity index (χ4n) is 2.53. The fraction of sp³-hybridized carbons (Fsp3) is 0.150. The van der Waals surface area contributed by atoms with Gasteiger partial charge in [-0.3, -0.25) is 14.8 Å². The Labute approximate surface area is 152 Å². The summed E-state index contributed by atoms with van der Waals surface area (Å²) in [6.07, 6.45) is 5.23. The third-order valence-electron chi connectivity index (χ3n) is 3.94. The first-order valence-electron chi connectivity index (χ1n) is 8.00. The number of allylic oxidation sites excluding steroid dienone is 3. The number of rotatable bonds is 5. The van der Waals surface area contributed by atoms with Gasteiger partial charge in [-0.25, -0.2) is 4.39 Å². The number of aliphatic imine (C=N–C) groups is 1. The summed E-state index contributed by atoms with van der Waals surface area (Å²) in [7, 11) is 1.54. The molecule has 6 heteroatoms. The maximum atomic E-state index is 13.6.